The summed E-state index contributed by atoms with van der Waals surface area (Å²) in [7, 11) is 2.91. The maximum Gasteiger partial charge on any atom is 0.336 e. The molecule has 0 aromatic heterocycles. The minimum Gasteiger partial charge on any atom is -0.508 e. The van der Waals surface area contributed by atoms with Crippen LogP contribution in [0.1, 0.15) is 11.1 Å². The molecule has 23 heavy (non-hydrogen) atoms. The number of methoxy groups -OCH3 is 2. The smallest absolute Gasteiger partial charge is 0.336 e. The van der Waals surface area contributed by atoms with Crippen molar-refractivity contribution in [1.82, 2.24) is 0 Å². The Bertz CT molecular complexity index is 764. The van der Waals surface area contributed by atoms with E-state index in [9.17, 15) is 20.1 Å². The molecule has 2 aromatic carbocycles. The van der Waals surface area contributed by atoms with Gasteiger partial charge in [0.15, 0.2) is 0 Å². The van der Waals surface area contributed by atoms with Gasteiger partial charge in [-0.05, 0) is 36.4 Å². The number of aliphatic carboxylic acids is 1. The van der Waals surface area contributed by atoms with Crippen LogP contribution in [0, 0.1) is 0 Å². The minimum atomic E-state index is -1.19. The van der Waals surface area contributed by atoms with Crippen molar-refractivity contribution in [2.24, 2.45) is 0 Å². The normalized spacial score (nSPS) is 11.1. The quantitative estimate of drug-likeness (QED) is 0.580. The van der Waals surface area contributed by atoms with Crippen LogP contribution in [0.3, 0.4) is 0 Å². The molecular formula is C17H16O6. The third kappa shape index (κ3) is 3.55. The highest BCUT2D eigenvalue weighted by Gasteiger charge is 2.17. The van der Waals surface area contributed by atoms with E-state index in [1.807, 2.05) is 0 Å². The van der Waals surface area contributed by atoms with E-state index in [2.05, 4.69) is 0 Å². The lowest BCUT2D eigenvalue weighted by molar-refractivity contribution is -0.130. The van der Waals surface area contributed by atoms with E-state index < -0.39 is 5.97 Å². The molecule has 0 aliphatic rings. The molecule has 0 aliphatic carbocycles. The number of hydrogen-bond acceptors (Lipinski definition) is 5. The van der Waals surface area contributed by atoms with Crippen LogP contribution in [-0.4, -0.2) is 35.5 Å². The molecule has 0 aliphatic heterocycles. The summed E-state index contributed by atoms with van der Waals surface area (Å²) >= 11 is 0. The predicted octanol–water partition coefficient (Wildman–Crippen LogP) is 2.74. The zero-order valence-electron chi connectivity index (χ0n) is 12.6. The number of hydrogen-bond donors (Lipinski definition) is 3. The van der Waals surface area contributed by atoms with Crippen molar-refractivity contribution in [1.29, 1.82) is 0 Å². The number of benzene rings is 2. The Labute approximate surface area is 132 Å². The highest BCUT2D eigenvalue weighted by Crippen LogP contribution is 2.33. The number of carboxylic acid groups (broad SMARTS) is 1. The van der Waals surface area contributed by atoms with Gasteiger partial charge in [-0.3, -0.25) is 0 Å². The first-order valence-corrected chi connectivity index (χ1v) is 6.65. The van der Waals surface area contributed by atoms with Gasteiger partial charge in [0, 0.05) is 17.2 Å². The van der Waals surface area contributed by atoms with Gasteiger partial charge in [0.05, 0.1) is 19.8 Å². The average molecular weight is 316 g/mol. The molecule has 0 heterocycles. The lowest BCUT2D eigenvalue weighted by Gasteiger charge is -2.11. The van der Waals surface area contributed by atoms with Crippen LogP contribution in [0.2, 0.25) is 0 Å². The largest absolute Gasteiger partial charge is 0.508 e. The summed E-state index contributed by atoms with van der Waals surface area (Å²) in [4.78, 5) is 11.7. The van der Waals surface area contributed by atoms with Crippen LogP contribution < -0.4 is 9.47 Å². The summed E-state index contributed by atoms with van der Waals surface area (Å²) in [5, 5.41) is 28.7. The molecule has 0 radical (unpaired) electrons. The number of carbonyl (C=O) groups is 1. The Hall–Kier alpha value is -3.15. The molecule has 0 unspecified atom stereocenters. The van der Waals surface area contributed by atoms with Gasteiger partial charge in [-0.1, -0.05) is 0 Å². The lowest BCUT2D eigenvalue weighted by Crippen LogP contribution is -2.02. The molecule has 3 N–H and O–H groups in total. The summed E-state index contributed by atoms with van der Waals surface area (Å²) in [5.74, 6) is -0.703. The van der Waals surface area contributed by atoms with Crippen molar-refractivity contribution in [2.45, 2.75) is 0 Å². The molecule has 0 spiro atoms. The van der Waals surface area contributed by atoms with E-state index in [4.69, 9.17) is 9.47 Å². The van der Waals surface area contributed by atoms with E-state index in [0.29, 0.717) is 17.1 Å². The number of phenols is 2. The maximum absolute atomic E-state index is 11.7. The van der Waals surface area contributed by atoms with E-state index in [-0.39, 0.29) is 22.6 Å². The van der Waals surface area contributed by atoms with Crippen LogP contribution in [0.5, 0.6) is 23.0 Å². The molecule has 120 valence electrons. The fraction of sp³-hybridized carbons (Fsp3) is 0.118. The fourth-order valence-electron chi connectivity index (χ4n) is 2.09. The van der Waals surface area contributed by atoms with Crippen LogP contribution >= 0.6 is 0 Å². The zero-order valence-corrected chi connectivity index (χ0v) is 12.6. The molecule has 0 saturated carbocycles. The molecule has 6 heteroatoms. The van der Waals surface area contributed by atoms with E-state index in [1.54, 1.807) is 12.1 Å². The number of aromatic hydroxyl groups is 2. The van der Waals surface area contributed by atoms with Gasteiger partial charge in [0.25, 0.3) is 0 Å². The molecule has 0 atom stereocenters. The molecular weight excluding hydrogens is 300 g/mol. The third-order valence-corrected chi connectivity index (χ3v) is 3.24. The van der Waals surface area contributed by atoms with Gasteiger partial charge >= 0.3 is 5.97 Å². The summed E-state index contributed by atoms with van der Waals surface area (Å²) in [6.45, 7) is 0. The second-order valence-corrected chi connectivity index (χ2v) is 4.67. The van der Waals surface area contributed by atoms with Crippen LogP contribution in [-0.2, 0) is 4.79 Å². The number of rotatable bonds is 5. The van der Waals surface area contributed by atoms with Gasteiger partial charge in [-0.25, -0.2) is 4.79 Å². The predicted molar refractivity (Wildman–Crippen MR) is 84.8 cm³/mol. The standard InChI is InChI=1S/C17H16O6/c1-22-12-5-6-16(23-2)13(9-12)14(17(20)21)7-10-3-4-11(18)8-15(10)19/h3-9,18-19H,1-2H3,(H,20,21)/b14-7-. The Balaban J connectivity index is 2.63. The molecule has 6 nitrogen and oxygen atoms in total. The van der Waals surface area contributed by atoms with Crippen molar-refractivity contribution in [3.05, 3.63) is 47.5 Å². The van der Waals surface area contributed by atoms with Crippen molar-refractivity contribution >= 4 is 17.6 Å². The van der Waals surface area contributed by atoms with E-state index >= 15 is 0 Å². The molecule has 0 amide bonds. The number of phenolic OH excluding ortho intramolecular Hbond substituents is 2. The summed E-state index contributed by atoms with van der Waals surface area (Å²) in [6, 6.07) is 8.69. The van der Waals surface area contributed by atoms with Crippen molar-refractivity contribution < 1.29 is 29.6 Å². The van der Waals surface area contributed by atoms with Crippen molar-refractivity contribution in [3.8, 4) is 23.0 Å². The third-order valence-electron chi connectivity index (χ3n) is 3.24. The van der Waals surface area contributed by atoms with Gasteiger partial charge in [0.2, 0.25) is 0 Å². The molecule has 2 rings (SSSR count). The summed E-state index contributed by atoms with van der Waals surface area (Å²) in [5.41, 5.74) is 0.485. The Kier molecular flexibility index (Phi) is 4.75. The van der Waals surface area contributed by atoms with Crippen LogP contribution in [0.4, 0.5) is 0 Å². The fourth-order valence-corrected chi connectivity index (χ4v) is 2.09. The highest BCUT2D eigenvalue weighted by molar-refractivity contribution is 6.21. The number of carboxylic acids is 1. The van der Waals surface area contributed by atoms with Gasteiger partial charge < -0.3 is 24.8 Å². The summed E-state index contributed by atoms with van der Waals surface area (Å²) < 4.78 is 10.3. The van der Waals surface area contributed by atoms with Gasteiger partial charge in [-0.2, -0.15) is 0 Å². The van der Waals surface area contributed by atoms with Crippen molar-refractivity contribution in [2.75, 3.05) is 14.2 Å². The number of ether oxygens (including phenoxy) is 2. The van der Waals surface area contributed by atoms with Gasteiger partial charge in [0.1, 0.15) is 23.0 Å². The van der Waals surface area contributed by atoms with Crippen molar-refractivity contribution in [3.63, 3.8) is 0 Å². The first-order valence-electron chi connectivity index (χ1n) is 6.65. The second kappa shape index (κ2) is 6.74. The molecule has 0 bridgehead atoms. The first-order chi connectivity index (χ1) is 11.0. The molecule has 0 fully saturated rings. The Morgan fingerprint density at radius 2 is 1.78 bits per heavy atom. The first kappa shape index (κ1) is 16.2. The zero-order chi connectivity index (χ0) is 17.0. The van der Waals surface area contributed by atoms with Crippen LogP contribution in [0.15, 0.2) is 36.4 Å². The maximum atomic E-state index is 11.7. The van der Waals surface area contributed by atoms with Gasteiger partial charge in [-0.15, -0.1) is 0 Å². The molecule has 2 aromatic rings. The average Bonchev–Trinajstić information content (AvgIpc) is 2.53. The Morgan fingerprint density at radius 1 is 1.04 bits per heavy atom. The minimum absolute atomic E-state index is 0.0817. The second-order valence-electron chi connectivity index (χ2n) is 4.67. The summed E-state index contributed by atoms with van der Waals surface area (Å²) in [6.07, 6.45) is 1.30. The van der Waals surface area contributed by atoms with E-state index in [1.165, 1.54) is 38.5 Å². The lowest BCUT2D eigenvalue weighted by atomic mass is 10.0. The monoisotopic (exact) mass is 316 g/mol. The van der Waals surface area contributed by atoms with Crippen LogP contribution in [0.25, 0.3) is 11.6 Å². The SMILES string of the molecule is COc1ccc(OC)c(/C(=C/c2ccc(O)cc2O)C(=O)O)c1. The molecule has 0 saturated heterocycles. The topological polar surface area (TPSA) is 96.2 Å². The highest BCUT2D eigenvalue weighted by atomic mass is 16.5. The Morgan fingerprint density at radius 3 is 2.35 bits per heavy atom. The van der Waals surface area contributed by atoms with E-state index in [0.717, 1.165) is 6.07 Å².